The van der Waals surface area contributed by atoms with E-state index >= 15 is 0 Å². The van der Waals surface area contributed by atoms with Crippen molar-refractivity contribution in [2.75, 3.05) is 26.7 Å². The zero-order valence-corrected chi connectivity index (χ0v) is 12.5. The van der Waals surface area contributed by atoms with Gasteiger partial charge in [-0.3, -0.25) is 9.80 Å². The minimum atomic E-state index is -0.105. The first-order chi connectivity index (χ1) is 8.44. The largest absolute Gasteiger partial charge is 0.391 e. The Labute approximate surface area is 112 Å². The number of aliphatic hydroxyl groups excluding tert-OH is 1. The van der Waals surface area contributed by atoms with Crippen molar-refractivity contribution in [1.29, 1.82) is 0 Å². The molecule has 1 N–H and O–H groups in total. The number of piperazine rings is 1. The summed E-state index contributed by atoms with van der Waals surface area (Å²) in [4.78, 5) is 4.99. The fraction of sp³-hybridized carbons (Fsp3) is 1.00. The molecule has 2 rings (SSSR count). The molecule has 0 bridgehead atoms. The van der Waals surface area contributed by atoms with Gasteiger partial charge < -0.3 is 5.11 Å². The summed E-state index contributed by atoms with van der Waals surface area (Å²) in [6.45, 7) is 10.2. The maximum absolute atomic E-state index is 10.3. The summed E-state index contributed by atoms with van der Waals surface area (Å²) in [6, 6.07) is 0.400. The number of likely N-dealkylation sites (N-methyl/N-ethyl adjacent to an activating group) is 1. The maximum atomic E-state index is 10.3. The highest BCUT2D eigenvalue weighted by Gasteiger charge is 2.38. The van der Waals surface area contributed by atoms with Gasteiger partial charge in [0.15, 0.2) is 0 Å². The van der Waals surface area contributed by atoms with Crippen molar-refractivity contribution >= 4 is 0 Å². The van der Waals surface area contributed by atoms with Crippen LogP contribution in [0.3, 0.4) is 0 Å². The number of aliphatic hydroxyl groups is 1. The molecule has 106 valence electrons. The number of rotatable bonds is 2. The Morgan fingerprint density at radius 1 is 1.22 bits per heavy atom. The van der Waals surface area contributed by atoms with Crippen LogP contribution in [0.15, 0.2) is 0 Å². The van der Waals surface area contributed by atoms with E-state index in [1.54, 1.807) is 0 Å². The molecule has 2 fully saturated rings. The van der Waals surface area contributed by atoms with Gasteiger partial charge in [-0.1, -0.05) is 13.3 Å². The van der Waals surface area contributed by atoms with E-state index in [9.17, 15) is 5.11 Å². The van der Waals surface area contributed by atoms with E-state index in [0.717, 1.165) is 32.0 Å². The predicted octanol–water partition coefficient (Wildman–Crippen LogP) is 1.95. The van der Waals surface area contributed by atoms with Crippen LogP contribution in [0.5, 0.6) is 0 Å². The standard InChI is InChI=1S/C15H30N2O/c1-5-12-6-7-14(18)13(10-12)17-9-8-16(4)15(2,3)11-17/h12-14,18H,5-11H2,1-4H3. The second kappa shape index (κ2) is 5.48. The first-order valence-electron chi connectivity index (χ1n) is 7.57. The van der Waals surface area contributed by atoms with E-state index < -0.39 is 0 Å². The molecule has 1 saturated carbocycles. The highest BCUT2D eigenvalue weighted by molar-refractivity contribution is 4.94. The molecular formula is C15H30N2O. The van der Waals surface area contributed by atoms with Gasteiger partial charge in [0.1, 0.15) is 0 Å². The number of hydrogen-bond donors (Lipinski definition) is 1. The molecule has 0 amide bonds. The van der Waals surface area contributed by atoms with Crippen molar-refractivity contribution in [2.24, 2.45) is 5.92 Å². The van der Waals surface area contributed by atoms with E-state index in [-0.39, 0.29) is 11.6 Å². The summed E-state index contributed by atoms with van der Waals surface area (Å²) in [5.74, 6) is 0.821. The highest BCUT2D eigenvalue weighted by Crippen LogP contribution is 2.32. The number of hydrogen-bond acceptors (Lipinski definition) is 3. The van der Waals surface area contributed by atoms with Gasteiger partial charge in [0, 0.05) is 31.2 Å². The molecule has 1 aliphatic heterocycles. The van der Waals surface area contributed by atoms with E-state index in [4.69, 9.17) is 0 Å². The predicted molar refractivity (Wildman–Crippen MR) is 75.7 cm³/mol. The van der Waals surface area contributed by atoms with Gasteiger partial charge in [-0.2, -0.15) is 0 Å². The maximum Gasteiger partial charge on any atom is 0.0695 e. The van der Waals surface area contributed by atoms with Crippen LogP contribution in [0.4, 0.5) is 0 Å². The third-order valence-corrected chi connectivity index (χ3v) is 5.28. The van der Waals surface area contributed by atoms with Gasteiger partial charge in [-0.25, -0.2) is 0 Å². The van der Waals surface area contributed by atoms with E-state index in [1.165, 1.54) is 19.3 Å². The lowest BCUT2D eigenvalue weighted by Crippen LogP contribution is -2.62. The molecule has 2 aliphatic rings. The van der Waals surface area contributed by atoms with Crippen molar-refractivity contribution in [2.45, 2.75) is 64.1 Å². The zero-order chi connectivity index (χ0) is 13.3. The topological polar surface area (TPSA) is 26.7 Å². The van der Waals surface area contributed by atoms with Crippen LogP contribution in [0, 0.1) is 5.92 Å². The third-order valence-electron chi connectivity index (χ3n) is 5.28. The SMILES string of the molecule is CCC1CCC(O)C(N2CCN(C)C(C)(C)C2)C1. The Balaban J connectivity index is 2.01. The van der Waals surface area contributed by atoms with Crippen molar-refractivity contribution in [1.82, 2.24) is 9.80 Å². The molecule has 3 heteroatoms. The minimum Gasteiger partial charge on any atom is -0.391 e. The molecule has 1 heterocycles. The molecule has 3 unspecified atom stereocenters. The lowest BCUT2D eigenvalue weighted by Gasteiger charge is -2.50. The molecule has 18 heavy (non-hydrogen) atoms. The fourth-order valence-corrected chi connectivity index (χ4v) is 3.54. The molecule has 0 aromatic heterocycles. The van der Waals surface area contributed by atoms with Crippen LogP contribution in [0.2, 0.25) is 0 Å². The fourth-order valence-electron chi connectivity index (χ4n) is 3.54. The second-order valence-corrected chi connectivity index (χ2v) is 6.93. The lowest BCUT2D eigenvalue weighted by atomic mass is 9.81. The van der Waals surface area contributed by atoms with Crippen LogP contribution in [-0.2, 0) is 0 Å². The first kappa shape index (κ1) is 14.3. The van der Waals surface area contributed by atoms with Crippen LogP contribution < -0.4 is 0 Å². The summed E-state index contributed by atoms with van der Waals surface area (Å²) >= 11 is 0. The average molecular weight is 254 g/mol. The van der Waals surface area contributed by atoms with Gasteiger partial charge in [0.2, 0.25) is 0 Å². The summed E-state index contributed by atoms with van der Waals surface area (Å²) in [5, 5.41) is 10.3. The Bertz CT molecular complexity index is 280. The molecule has 0 aromatic rings. The Hall–Kier alpha value is -0.120. The molecule has 3 nitrogen and oxygen atoms in total. The van der Waals surface area contributed by atoms with Crippen LogP contribution in [0.1, 0.15) is 46.5 Å². The van der Waals surface area contributed by atoms with Gasteiger partial charge in [-0.05, 0) is 46.1 Å². The van der Waals surface area contributed by atoms with Crippen LogP contribution in [-0.4, -0.2) is 59.3 Å². The van der Waals surface area contributed by atoms with E-state index in [1.807, 2.05) is 0 Å². The summed E-state index contributed by atoms with van der Waals surface area (Å²) in [6.07, 6.45) is 4.56. The molecule has 1 aliphatic carbocycles. The summed E-state index contributed by atoms with van der Waals surface area (Å²) in [5.41, 5.74) is 0.233. The minimum absolute atomic E-state index is 0.105. The van der Waals surface area contributed by atoms with Gasteiger partial charge in [0.25, 0.3) is 0 Å². The summed E-state index contributed by atoms with van der Waals surface area (Å²) < 4.78 is 0. The van der Waals surface area contributed by atoms with Gasteiger partial charge in [0.05, 0.1) is 6.10 Å². The molecule has 3 atom stereocenters. The van der Waals surface area contributed by atoms with E-state index in [0.29, 0.717) is 6.04 Å². The van der Waals surface area contributed by atoms with Crippen molar-refractivity contribution in [3.8, 4) is 0 Å². The van der Waals surface area contributed by atoms with Crippen LogP contribution >= 0.6 is 0 Å². The quantitative estimate of drug-likeness (QED) is 0.816. The molecule has 0 aromatic carbocycles. The van der Waals surface area contributed by atoms with Gasteiger partial charge >= 0.3 is 0 Å². The second-order valence-electron chi connectivity index (χ2n) is 6.93. The van der Waals surface area contributed by atoms with Crippen molar-refractivity contribution < 1.29 is 5.11 Å². The van der Waals surface area contributed by atoms with Crippen LogP contribution in [0.25, 0.3) is 0 Å². The Morgan fingerprint density at radius 3 is 2.56 bits per heavy atom. The summed E-state index contributed by atoms with van der Waals surface area (Å²) in [7, 11) is 2.21. The molecule has 0 spiro atoms. The molecule has 1 saturated heterocycles. The average Bonchev–Trinajstić information content (AvgIpc) is 2.33. The third kappa shape index (κ3) is 2.89. The molecular weight excluding hydrogens is 224 g/mol. The van der Waals surface area contributed by atoms with E-state index in [2.05, 4.69) is 37.6 Å². The molecule has 0 radical (unpaired) electrons. The van der Waals surface area contributed by atoms with Crippen molar-refractivity contribution in [3.63, 3.8) is 0 Å². The highest BCUT2D eigenvalue weighted by atomic mass is 16.3. The first-order valence-corrected chi connectivity index (χ1v) is 7.57. The lowest BCUT2D eigenvalue weighted by molar-refractivity contribution is -0.0477. The van der Waals surface area contributed by atoms with Crippen molar-refractivity contribution in [3.05, 3.63) is 0 Å². The Morgan fingerprint density at radius 2 is 1.94 bits per heavy atom. The zero-order valence-electron chi connectivity index (χ0n) is 12.5. The van der Waals surface area contributed by atoms with Gasteiger partial charge in [-0.15, -0.1) is 0 Å². The normalized spacial score (nSPS) is 38.8. The Kier molecular flexibility index (Phi) is 4.35. The monoisotopic (exact) mass is 254 g/mol. The number of nitrogens with zero attached hydrogens (tertiary/aromatic N) is 2. The smallest absolute Gasteiger partial charge is 0.0695 e.